The molecule has 1 aromatic carbocycles. The van der Waals surface area contributed by atoms with Gasteiger partial charge in [-0.3, -0.25) is 9.78 Å². The Hall–Kier alpha value is -3.26. The van der Waals surface area contributed by atoms with Gasteiger partial charge in [-0.25, -0.2) is 4.39 Å². The van der Waals surface area contributed by atoms with Crippen LogP contribution in [0.1, 0.15) is 46.9 Å². The zero-order valence-electron chi connectivity index (χ0n) is 19.6. The molecule has 1 fully saturated rings. The van der Waals surface area contributed by atoms with Crippen molar-refractivity contribution in [3.05, 3.63) is 64.6 Å². The van der Waals surface area contributed by atoms with E-state index in [2.05, 4.69) is 15.5 Å². The summed E-state index contributed by atoms with van der Waals surface area (Å²) < 4.78 is 26.7. The first kappa shape index (κ1) is 22.9. The lowest BCUT2D eigenvalue weighted by atomic mass is 9.97. The number of halogens is 1. The number of morpholine rings is 1. The van der Waals surface area contributed by atoms with E-state index in [9.17, 15) is 4.79 Å². The van der Waals surface area contributed by atoms with Gasteiger partial charge in [-0.2, -0.15) is 0 Å². The van der Waals surface area contributed by atoms with Gasteiger partial charge >= 0.3 is 0 Å². The summed E-state index contributed by atoms with van der Waals surface area (Å²) in [5, 5.41) is 6.58. The summed E-state index contributed by atoms with van der Waals surface area (Å²) in [6, 6.07) is 7.59. The van der Waals surface area contributed by atoms with Crippen molar-refractivity contribution in [2.45, 2.75) is 53.4 Å². The average molecular weight is 453 g/mol. The van der Waals surface area contributed by atoms with Gasteiger partial charge < -0.3 is 19.5 Å². The molecular formula is C25H29FN4O3. The van der Waals surface area contributed by atoms with E-state index in [1.54, 1.807) is 6.92 Å². The summed E-state index contributed by atoms with van der Waals surface area (Å²) in [6.45, 7) is 10.7. The second-order valence-corrected chi connectivity index (χ2v) is 8.72. The largest absolute Gasteiger partial charge is 0.372 e. The van der Waals surface area contributed by atoms with Gasteiger partial charge in [0, 0.05) is 36.6 Å². The van der Waals surface area contributed by atoms with Gasteiger partial charge in [0.25, 0.3) is 5.91 Å². The van der Waals surface area contributed by atoms with E-state index in [0.717, 1.165) is 22.5 Å². The number of aromatic nitrogens is 2. The molecule has 1 aliphatic heterocycles. The van der Waals surface area contributed by atoms with Gasteiger partial charge in [-0.05, 0) is 63.9 Å². The molecule has 1 aliphatic rings. The molecule has 2 aromatic heterocycles. The number of nitrogens with one attached hydrogen (secondary N) is 1. The molecule has 4 rings (SSSR count). The lowest BCUT2D eigenvalue weighted by Gasteiger charge is -2.37. The van der Waals surface area contributed by atoms with Crippen molar-refractivity contribution in [2.24, 2.45) is 0 Å². The first-order chi connectivity index (χ1) is 15.7. The molecule has 0 saturated carbocycles. The Morgan fingerprint density at radius 1 is 1.15 bits per heavy atom. The van der Waals surface area contributed by atoms with E-state index >= 15 is 4.39 Å². The highest BCUT2D eigenvalue weighted by Gasteiger charge is 2.26. The Balaban J connectivity index is 1.74. The number of amides is 1. The number of benzene rings is 1. The summed E-state index contributed by atoms with van der Waals surface area (Å²) in [4.78, 5) is 19.1. The van der Waals surface area contributed by atoms with Crippen LogP contribution in [0, 0.1) is 26.6 Å². The molecule has 3 aromatic rings. The molecule has 8 heteroatoms. The molecule has 2 atom stereocenters. The van der Waals surface area contributed by atoms with Crippen LogP contribution in [0.3, 0.4) is 0 Å². The number of ether oxygens (including phenoxy) is 1. The number of hydrogen-bond donors (Lipinski definition) is 1. The number of nitrogens with zero attached hydrogens (tertiary/aromatic N) is 3. The normalized spacial score (nSPS) is 18.4. The van der Waals surface area contributed by atoms with Gasteiger partial charge in [0.15, 0.2) is 5.82 Å². The monoisotopic (exact) mass is 452 g/mol. The van der Waals surface area contributed by atoms with Crippen LogP contribution in [0.4, 0.5) is 10.1 Å². The van der Waals surface area contributed by atoms with Crippen LogP contribution in [-0.2, 0) is 11.3 Å². The molecule has 0 unspecified atom stereocenters. The molecule has 0 radical (unpaired) electrons. The predicted molar refractivity (Wildman–Crippen MR) is 124 cm³/mol. The number of aryl methyl sites for hydroxylation is 3. The standard InChI is InChI=1S/C25H29FN4O3/c1-14-8-19(9-15(2)28-14)20-6-7-23(30-11-16(3)33-17(4)12-30)24(26)21(20)10-27-25(31)22-13-32-29-18(22)5/h6-9,13,16-17H,10-12H2,1-5H3,(H,27,31)/t16-,17+. The molecule has 0 aliphatic carbocycles. The van der Waals surface area contributed by atoms with Crippen LogP contribution < -0.4 is 10.2 Å². The van der Waals surface area contributed by atoms with Gasteiger partial charge in [0.1, 0.15) is 11.8 Å². The third kappa shape index (κ3) is 4.90. The molecule has 33 heavy (non-hydrogen) atoms. The van der Waals surface area contributed by atoms with Crippen molar-refractivity contribution in [1.82, 2.24) is 15.5 Å². The fourth-order valence-electron chi connectivity index (χ4n) is 4.44. The number of anilines is 1. The van der Waals surface area contributed by atoms with E-state index in [1.807, 2.05) is 56.9 Å². The molecule has 1 amide bonds. The number of carbonyl (C=O) groups excluding carboxylic acids is 1. The van der Waals surface area contributed by atoms with Crippen LogP contribution >= 0.6 is 0 Å². The number of pyridine rings is 1. The Kier molecular flexibility index (Phi) is 6.47. The van der Waals surface area contributed by atoms with Crippen molar-refractivity contribution in [3.63, 3.8) is 0 Å². The zero-order valence-corrected chi connectivity index (χ0v) is 19.6. The maximum atomic E-state index is 16.1. The van der Waals surface area contributed by atoms with Crippen molar-refractivity contribution >= 4 is 11.6 Å². The maximum absolute atomic E-state index is 16.1. The first-order valence-corrected chi connectivity index (χ1v) is 11.1. The first-order valence-electron chi connectivity index (χ1n) is 11.1. The van der Waals surface area contributed by atoms with Crippen molar-refractivity contribution in [1.29, 1.82) is 0 Å². The van der Waals surface area contributed by atoms with Crippen molar-refractivity contribution in [2.75, 3.05) is 18.0 Å². The van der Waals surface area contributed by atoms with Crippen LogP contribution in [0.25, 0.3) is 11.1 Å². The summed E-state index contributed by atoms with van der Waals surface area (Å²) in [5.74, 6) is -0.705. The minimum Gasteiger partial charge on any atom is -0.372 e. The molecule has 1 saturated heterocycles. The molecular weight excluding hydrogens is 423 g/mol. The molecule has 174 valence electrons. The second-order valence-electron chi connectivity index (χ2n) is 8.72. The van der Waals surface area contributed by atoms with Crippen LogP contribution in [-0.4, -0.2) is 41.3 Å². The van der Waals surface area contributed by atoms with Gasteiger partial charge in [0.2, 0.25) is 0 Å². The predicted octanol–water partition coefficient (Wildman–Crippen LogP) is 4.34. The Labute approximate surface area is 192 Å². The van der Waals surface area contributed by atoms with Crippen LogP contribution in [0.15, 0.2) is 35.1 Å². The summed E-state index contributed by atoms with van der Waals surface area (Å²) in [6.07, 6.45) is 1.29. The summed E-state index contributed by atoms with van der Waals surface area (Å²) >= 11 is 0. The Morgan fingerprint density at radius 2 is 1.82 bits per heavy atom. The highest BCUT2D eigenvalue weighted by Crippen LogP contribution is 2.33. The molecule has 7 nitrogen and oxygen atoms in total. The number of rotatable bonds is 5. The quantitative estimate of drug-likeness (QED) is 0.620. The zero-order chi connectivity index (χ0) is 23.7. The van der Waals surface area contributed by atoms with Crippen LogP contribution in [0.2, 0.25) is 0 Å². The van der Waals surface area contributed by atoms with Crippen LogP contribution in [0.5, 0.6) is 0 Å². The molecule has 0 spiro atoms. The molecule has 1 N–H and O–H groups in total. The van der Waals surface area contributed by atoms with Gasteiger partial charge in [-0.1, -0.05) is 11.2 Å². The number of hydrogen-bond acceptors (Lipinski definition) is 6. The van der Waals surface area contributed by atoms with E-state index < -0.39 is 0 Å². The lowest BCUT2D eigenvalue weighted by Crippen LogP contribution is -2.46. The molecule has 0 bridgehead atoms. The van der Waals surface area contributed by atoms with E-state index in [1.165, 1.54) is 6.26 Å². The fraction of sp³-hybridized carbons (Fsp3) is 0.400. The average Bonchev–Trinajstić information content (AvgIpc) is 3.17. The smallest absolute Gasteiger partial charge is 0.256 e. The Morgan fingerprint density at radius 3 is 2.42 bits per heavy atom. The Bertz CT molecular complexity index is 1150. The minimum absolute atomic E-state index is 0.00181. The SMILES string of the molecule is Cc1cc(-c2ccc(N3C[C@@H](C)O[C@@H](C)C3)c(F)c2CNC(=O)c2conc2C)cc(C)n1. The highest BCUT2D eigenvalue weighted by molar-refractivity contribution is 5.94. The van der Waals surface area contributed by atoms with Crippen molar-refractivity contribution < 1.29 is 18.4 Å². The van der Waals surface area contributed by atoms with E-state index in [0.29, 0.717) is 35.6 Å². The fourth-order valence-corrected chi connectivity index (χ4v) is 4.44. The summed E-state index contributed by atoms with van der Waals surface area (Å²) in [7, 11) is 0. The van der Waals surface area contributed by atoms with Crippen molar-refractivity contribution in [3.8, 4) is 11.1 Å². The highest BCUT2D eigenvalue weighted by atomic mass is 19.1. The molecule has 3 heterocycles. The number of carbonyl (C=O) groups is 1. The lowest BCUT2D eigenvalue weighted by molar-refractivity contribution is -0.00540. The topological polar surface area (TPSA) is 80.5 Å². The third-order valence-electron chi connectivity index (χ3n) is 5.80. The third-order valence-corrected chi connectivity index (χ3v) is 5.80. The van der Waals surface area contributed by atoms with E-state index in [4.69, 9.17) is 9.26 Å². The van der Waals surface area contributed by atoms with Gasteiger partial charge in [-0.15, -0.1) is 0 Å². The van der Waals surface area contributed by atoms with Gasteiger partial charge in [0.05, 0.1) is 23.6 Å². The van der Waals surface area contributed by atoms with E-state index in [-0.39, 0.29) is 30.5 Å². The minimum atomic E-state index is -0.361. The maximum Gasteiger partial charge on any atom is 0.256 e. The second kappa shape index (κ2) is 9.31. The summed E-state index contributed by atoms with van der Waals surface area (Å²) in [5.41, 5.74) is 5.03.